The van der Waals surface area contributed by atoms with Crippen molar-refractivity contribution in [3.05, 3.63) is 35.3 Å². The van der Waals surface area contributed by atoms with Crippen LogP contribution in [0.1, 0.15) is 24.4 Å². The summed E-state index contributed by atoms with van der Waals surface area (Å²) in [6, 6.07) is 4.29. The summed E-state index contributed by atoms with van der Waals surface area (Å²) in [4.78, 5) is 2.30. The van der Waals surface area contributed by atoms with Gasteiger partial charge in [-0.1, -0.05) is 0 Å². The standard InChI is InChI=1S/C10H14N2O/c1-11-6-3-5-10(11)9-4-2-7-12(13)8-9/h2,4,7-8,10H,3,5-6H2,1H3/t10-/m1/s1. The van der Waals surface area contributed by atoms with Crippen molar-refractivity contribution < 1.29 is 4.73 Å². The summed E-state index contributed by atoms with van der Waals surface area (Å²) in [6.45, 7) is 1.14. The fourth-order valence-corrected chi connectivity index (χ4v) is 2.00. The second kappa shape index (κ2) is 3.34. The Hall–Kier alpha value is -1.09. The van der Waals surface area contributed by atoms with Crippen molar-refractivity contribution in [2.45, 2.75) is 18.9 Å². The molecule has 13 heavy (non-hydrogen) atoms. The van der Waals surface area contributed by atoms with Crippen LogP contribution in [-0.2, 0) is 0 Å². The molecule has 0 radical (unpaired) electrons. The van der Waals surface area contributed by atoms with Crippen molar-refractivity contribution in [1.29, 1.82) is 0 Å². The van der Waals surface area contributed by atoms with E-state index in [-0.39, 0.29) is 0 Å². The van der Waals surface area contributed by atoms with Crippen LogP contribution in [-0.4, -0.2) is 18.5 Å². The molecule has 1 aromatic rings. The van der Waals surface area contributed by atoms with Crippen molar-refractivity contribution in [2.24, 2.45) is 0 Å². The molecule has 0 bridgehead atoms. The molecule has 1 aliphatic rings. The average molecular weight is 178 g/mol. The number of hydrogen-bond donors (Lipinski definition) is 0. The van der Waals surface area contributed by atoms with Crippen LogP contribution in [0, 0.1) is 5.21 Å². The van der Waals surface area contributed by atoms with Gasteiger partial charge in [-0.05, 0) is 32.5 Å². The lowest BCUT2D eigenvalue weighted by Gasteiger charge is -2.18. The second-order valence-corrected chi connectivity index (χ2v) is 3.64. The van der Waals surface area contributed by atoms with Crippen molar-refractivity contribution >= 4 is 0 Å². The molecule has 70 valence electrons. The summed E-state index contributed by atoms with van der Waals surface area (Å²) in [5.74, 6) is 0. The lowest BCUT2D eigenvalue weighted by Crippen LogP contribution is -2.27. The Kier molecular flexibility index (Phi) is 2.19. The lowest BCUT2D eigenvalue weighted by molar-refractivity contribution is -0.606. The maximum atomic E-state index is 11.1. The molecule has 1 aliphatic heterocycles. The van der Waals surface area contributed by atoms with Crippen molar-refractivity contribution in [2.75, 3.05) is 13.6 Å². The average Bonchev–Trinajstić information content (AvgIpc) is 2.51. The molecule has 0 N–H and O–H groups in total. The van der Waals surface area contributed by atoms with Gasteiger partial charge in [-0.15, -0.1) is 0 Å². The van der Waals surface area contributed by atoms with Crippen molar-refractivity contribution in [3.63, 3.8) is 0 Å². The van der Waals surface area contributed by atoms with Crippen LogP contribution >= 0.6 is 0 Å². The molecule has 0 unspecified atom stereocenters. The molecule has 0 aromatic carbocycles. The summed E-state index contributed by atoms with van der Waals surface area (Å²) in [5, 5.41) is 11.1. The molecule has 0 saturated carbocycles. The quantitative estimate of drug-likeness (QED) is 0.476. The van der Waals surface area contributed by atoms with Crippen LogP contribution in [0.15, 0.2) is 24.5 Å². The Bertz CT molecular complexity index is 301. The van der Waals surface area contributed by atoms with Crippen LogP contribution in [0.3, 0.4) is 0 Å². The van der Waals surface area contributed by atoms with Gasteiger partial charge in [-0.2, -0.15) is 4.73 Å². The zero-order chi connectivity index (χ0) is 9.26. The van der Waals surface area contributed by atoms with Gasteiger partial charge in [0.05, 0.1) is 0 Å². The predicted molar refractivity (Wildman–Crippen MR) is 50.0 cm³/mol. The molecule has 3 heteroatoms. The first kappa shape index (κ1) is 8.51. The SMILES string of the molecule is CN1CCC[C@@H]1c1ccc[n+]([O-])c1. The number of aromatic nitrogens is 1. The minimum absolute atomic E-state index is 0.446. The Morgan fingerprint density at radius 1 is 1.62 bits per heavy atom. The molecule has 1 fully saturated rings. The molecule has 1 saturated heterocycles. The van der Waals surface area contributed by atoms with Crippen LogP contribution in [0.4, 0.5) is 0 Å². The zero-order valence-electron chi connectivity index (χ0n) is 7.81. The molecule has 0 spiro atoms. The first-order chi connectivity index (χ1) is 6.27. The van der Waals surface area contributed by atoms with Gasteiger partial charge in [0.1, 0.15) is 0 Å². The minimum Gasteiger partial charge on any atom is -0.619 e. The third-order valence-electron chi connectivity index (χ3n) is 2.70. The largest absolute Gasteiger partial charge is 0.619 e. The highest BCUT2D eigenvalue weighted by molar-refractivity contribution is 5.12. The lowest BCUT2D eigenvalue weighted by atomic mass is 10.1. The molecule has 2 rings (SSSR count). The van der Waals surface area contributed by atoms with Crippen molar-refractivity contribution in [1.82, 2.24) is 4.90 Å². The van der Waals surface area contributed by atoms with Gasteiger partial charge in [-0.25, -0.2) is 0 Å². The third kappa shape index (κ3) is 1.65. The Morgan fingerprint density at radius 2 is 2.46 bits per heavy atom. The van der Waals surface area contributed by atoms with E-state index in [1.165, 1.54) is 19.0 Å². The van der Waals surface area contributed by atoms with E-state index in [9.17, 15) is 5.21 Å². The summed E-state index contributed by atoms with van der Waals surface area (Å²) >= 11 is 0. The van der Waals surface area contributed by atoms with E-state index in [4.69, 9.17) is 0 Å². The predicted octanol–water partition coefficient (Wildman–Crippen LogP) is 1.09. The second-order valence-electron chi connectivity index (χ2n) is 3.64. The summed E-state index contributed by atoms with van der Waals surface area (Å²) in [7, 11) is 2.11. The summed E-state index contributed by atoms with van der Waals surface area (Å²) < 4.78 is 0.876. The maximum Gasteiger partial charge on any atom is 0.185 e. The van der Waals surface area contributed by atoms with E-state index in [0.717, 1.165) is 16.8 Å². The molecular weight excluding hydrogens is 164 g/mol. The molecule has 1 atom stereocenters. The van der Waals surface area contributed by atoms with E-state index in [1.807, 2.05) is 12.1 Å². The van der Waals surface area contributed by atoms with E-state index in [1.54, 1.807) is 6.20 Å². The number of hydrogen-bond acceptors (Lipinski definition) is 2. The molecular formula is C10H14N2O. The fraction of sp³-hybridized carbons (Fsp3) is 0.500. The molecule has 3 nitrogen and oxygen atoms in total. The Balaban J connectivity index is 2.24. The number of pyridine rings is 1. The van der Waals surface area contributed by atoms with Gasteiger partial charge in [0.25, 0.3) is 0 Å². The van der Waals surface area contributed by atoms with E-state index >= 15 is 0 Å². The Morgan fingerprint density at radius 3 is 3.08 bits per heavy atom. The zero-order valence-corrected chi connectivity index (χ0v) is 7.81. The smallest absolute Gasteiger partial charge is 0.185 e. The highest BCUT2D eigenvalue weighted by Gasteiger charge is 2.23. The molecule has 2 heterocycles. The first-order valence-corrected chi connectivity index (χ1v) is 4.66. The van der Waals surface area contributed by atoms with Crippen LogP contribution in [0.2, 0.25) is 0 Å². The van der Waals surface area contributed by atoms with Gasteiger partial charge in [0, 0.05) is 17.7 Å². The number of likely N-dealkylation sites (tertiary alicyclic amines) is 1. The monoisotopic (exact) mass is 178 g/mol. The number of nitrogens with zero attached hydrogens (tertiary/aromatic N) is 2. The summed E-state index contributed by atoms with van der Waals surface area (Å²) in [5.41, 5.74) is 1.14. The topological polar surface area (TPSA) is 30.2 Å². The van der Waals surface area contributed by atoms with Gasteiger partial charge in [-0.3, -0.25) is 4.90 Å². The normalized spacial score (nSPS) is 23.6. The minimum atomic E-state index is 0.446. The van der Waals surface area contributed by atoms with E-state index in [0.29, 0.717) is 6.04 Å². The van der Waals surface area contributed by atoms with Crippen LogP contribution in [0.25, 0.3) is 0 Å². The maximum absolute atomic E-state index is 11.1. The molecule has 1 aromatic heterocycles. The van der Waals surface area contributed by atoms with Gasteiger partial charge in [0.2, 0.25) is 0 Å². The van der Waals surface area contributed by atoms with Crippen molar-refractivity contribution in [3.8, 4) is 0 Å². The fourth-order valence-electron chi connectivity index (χ4n) is 2.00. The molecule has 0 aliphatic carbocycles. The van der Waals surface area contributed by atoms with Gasteiger partial charge < -0.3 is 5.21 Å². The van der Waals surface area contributed by atoms with Crippen LogP contribution in [0.5, 0.6) is 0 Å². The van der Waals surface area contributed by atoms with E-state index in [2.05, 4.69) is 11.9 Å². The summed E-state index contributed by atoms with van der Waals surface area (Å²) in [6.07, 6.45) is 5.60. The van der Waals surface area contributed by atoms with Gasteiger partial charge in [0.15, 0.2) is 12.4 Å². The van der Waals surface area contributed by atoms with E-state index < -0.39 is 0 Å². The highest BCUT2D eigenvalue weighted by Crippen LogP contribution is 2.28. The third-order valence-corrected chi connectivity index (χ3v) is 2.70. The first-order valence-electron chi connectivity index (χ1n) is 4.66. The molecule has 0 amide bonds. The van der Waals surface area contributed by atoms with Crippen LogP contribution < -0.4 is 4.73 Å². The highest BCUT2D eigenvalue weighted by atomic mass is 16.5. The number of rotatable bonds is 1. The Labute approximate surface area is 78.2 Å². The van der Waals surface area contributed by atoms with Gasteiger partial charge >= 0.3 is 0 Å².